The van der Waals surface area contributed by atoms with E-state index in [0.29, 0.717) is 27.8 Å². The number of hydrogen-bond donors (Lipinski definition) is 1. The Morgan fingerprint density at radius 3 is 2.34 bits per heavy atom. The van der Waals surface area contributed by atoms with Crippen LogP contribution in [0.2, 0.25) is 5.02 Å². The molecule has 3 aromatic carbocycles. The first-order valence-electron chi connectivity index (χ1n) is 10.8. The van der Waals surface area contributed by atoms with E-state index in [-0.39, 0.29) is 12.2 Å². The lowest BCUT2D eigenvalue weighted by molar-refractivity contribution is -0.122. The maximum absolute atomic E-state index is 13.2. The van der Waals surface area contributed by atoms with E-state index in [2.05, 4.69) is 5.32 Å². The Morgan fingerprint density at radius 1 is 0.943 bits per heavy atom. The van der Waals surface area contributed by atoms with Crippen LogP contribution in [-0.2, 0) is 16.2 Å². The van der Waals surface area contributed by atoms with Gasteiger partial charge in [-0.25, -0.2) is 9.69 Å². The summed E-state index contributed by atoms with van der Waals surface area (Å²) >= 11 is 6.19. The Kier molecular flexibility index (Phi) is 6.89. The molecule has 0 saturated carbocycles. The molecule has 7 nitrogen and oxygen atoms in total. The first kappa shape index (κ1) is 24.0. The molecule has 4 rings (SSSR count). The maximum atomic E-state index is 13.2. The highest BCUT2D eigenvalue weighted by molar-refractivity contribution is 6.39. The average Bonchev–Trinajstić information content (AvgIpc) is 2.81. The van der Waals surface area contributed by atoms with Crippen molar-refractivity contribution in [1.29, 1.82) is 0 Å². The van der Waals surface area contributed by atoms with Crippen LogP contribution in [0.15, 0.2) is 66.2 Å². The number of ether oxygens (including phenoxy) is 2. The molecule has 0 bridgehead atoms. The minimum atomic E-state index is -0.789. The van der Waals surface area contributed by atoms with Crippen LogP contribution in [0.4, 0.5) is 10.5 Å². The lowest BCUT2D eigenvalue weighted by Crippen LogP contribution is -2.54. The zero-order valence-corrected chi connectivity index (χ0v) is 20.2. The normalized spacial score (nSPS) is 14.8. The van der Waals surface area contributed by atoms with Gasteiger partial charge < -0.3 is 9.47 Å². The number of anilines is 1. The molecule has 3 aromatic rings. The van der Waals surface area contributed by atoms with Crippen LogP contribution in [-0.4, -0.2) is 25.0 Å². The molecule has 1 fully saturated rings. The fraction of sp³-hybridized carbons (Fsp3) is 0.148. The molecule has 8 heteroatoms. The highest BCUT2D eigenvalue weighted by atomic mass is 35.5. The smallest absolute Gasteiger partial charge is 0.335 e. The van der Waals surface area contributed by atoms with E-state index in [4.69, 9.17) is 21.1 Å². The van der Waals surface area contributed by atoms with Crippen molar-refractivity contribution in [3.05, 3.63) is 93.5 Å². The van der Waals surface area contributed by atoms with Gasteiger partial charge in [0.05, 0.1) is 12.8 Å². The van der Waals surface area contributed by atoms with Gasteiger partial charge in [0.15, 0.2) is 11.5 Å². The van der Waals surface area contributed by atoms with Crippen LogP contribution < -0.4 is 19.7 Å². The number of halogens is 1. The Balaban J connectivity index is 1.62. The van der Waals surface area contributed by atoms with Crippen LogP contribution in [0.3, 0.4) is 0 Å². The molecule has 0 spiro atoms. The number of aryl methyl sites for hydroxylation is 2. The van der Waals surface area contributed by atoms with E-state index < -0.39 is 17.8 Å². The summed E-state index contributed by atoms with van der Waals surface area (Å²) in [5.41, 5.74) is 3.35. The summed E-state index contributed by atoms with van der Waals surface area (Å²) in [7, 11) is 1.49. The molecule has 178 valence electrons. The van der Waals surface area contributed by atoms with Crippen molar-refractivity contribution in [3.8, 4) is 11.5 Å². The molecule has 4 amide bonds. The van der Waals surface area contributed by atoms with Crippen molar-refractivity contribution < 1.29 is 23.9 Å². The Hall–Kier alpha value is -4.10. The van der Waals surface area contributed by atoms with Crippen LogP contribution in [0.5, 0.6) is 11.5 Å². The third-order valence-electron chi connectivity index (χ3n) is 5.41. The minimum absolute atomic E-state index is 0.171. The van der Waals surface area contributed by atoms with Crippen molar-refractivity contribution >= 4 is 41.2 Å². The molecule has 1 aliphatic heterocycles. The molecule has 1 aliphatic rings. The number of barbiturate groups is 1. The second kappa shape index (κ2) is 10.0. The lowest BCUT2D eigenvalue weighted by Gasteiger charge is -2.27. The average molecular weight is 491 g/mol. The zero-order chi connectivity index (χ0) is 25.1. The van der Waals surface area contributed by atoms with Gasteiger partial charge in [-0.3, -0.25) is 14.9 Å². The molecule has 35 heavy (non-hydrogen) atoms. The predicted octanol–water partition coefficient (Wildman–Crippen LogP) is 5.21. The highest BCUT2D eigenvalue weighted by Gasteiger charge is 2.37. The third-order valence-corrected chi connectivity index (χ3v) is 5.77. The molecule has 0 radical (unpaired) electrons. The van der Waals surface area contributed by atoms with Crippen LogP contribution in [0.25, 0.3) is 6.08 Å². The van der Waals surface area contributed by atoms with Gasteiger partial charge in [-0.15, -0.1) is 0 Å². The summed E-state index contributed by atoms with van der Waals surface area (Å²) in [6, 6.07) is 16.9. The van der Waals surface area contributed by atoms with Crippen molar-refractivity contribution in [3.63, 3.8) is 0 Å². The molecular formula is C27H23ClN2O5. The first-order chi connectivity index (χ1) is 16.8. The number of amides is 4. The van der Waals surface area contributed by atoms with E-state index in [1.165, 1.54) is 13.2 Å². The predicted molar refractivity (Wildman–Crippen MR) is 134 cm³/mol. The van der Waals surface area contributed by atoms with E-state index in [1.54, 1.807) is 36.4 Å². The van der Waals surface area contributed by atoms with Crippen molar-refractivity contribution in [2.45, 2.75) is 20.5 Å². The van der Waals surface area contributed by atoms with Gasteiger partial charge in [-0.05, 0) is 66.9 Å². The van der Waals surface area contributed by atoms with E-state index in [1.807, 2.05) is 38.1 Å². The van der Waals surface area contributed by atoms with Crippen molar-refractivity contribution in [1.82, 2.24) is 5.32 Å². The summed E-state index contributed by atoms with van der Waals surface area (Å²) in [5, 5.41) is 2.84. The maximum Gasteiger partial charge on any atom is 0.335 e. The molecule has 0 atom stereocenters. The number of nitrogens with zero attached hydrogens (tertiary/aromatic N) is 1. The Morgan fingerprint density at radius 2 is 1.66 bits per heavy atom. The fourth-order valence-electron chi connectivity index (χ4n) is 3.80. The third kappa shape index (κ3) is 5.20. The van der Waals surface area contributed by atoms with Gasteiger partial charge in [-0.2, -0.15) is 0 Å². The summed E-state index contributed by atoms with van der Waals surface area (Å²) < 4.78 is 11.3. The zero-order valence-electron chi connectivity index (χ0n) is 19.4. The van der Waals surface area contributed by atoms with E-state index in [0.717, 1.165) is 21.6 Å². The number of methoxy groups -OCH3 is 1. The van der Waals surface area contributed by atoms with Gasteiger partial charge >= 0.3 is 6.03 Å². The molecule has 0 aliphatic carbocycles. The molecule has 1 heterocycles. The van der Waals surface area contributed by atoms with Gasteiger partial charge in [0.1, 0.15) is 12.2 Å². The van der Waals surface area contributed by atoms with E-state index in [9.17, 15) is 14.4 Å². The summed E-state index contributed by atoms with van der Waals surface area (Å²) in [6.45, 7) is 3.98. The number of urea groups is 1. The van der Waals surface area contributed by atoms with Crippen molar-refractivity contribution in [2.24, 2.45) is 0 Å². The van der Waals surface area contributed by atoms with Gasteiger partial charge in [0.2, 0.25) is 0 Å². The van der Waals surface area contributed by atoms with Crippen molar-refractivity contribution in [2.75, 3.05) is 12.0 Å². The first-order valence-corrected chi connectivity index (χ1v) is 11.2. The SMILES string of the molecule is COc1cc(/C=C2\C(=O)NC(=O)N(c3cc(C)cc(C)c3)C2=O)ccc1OCc1ccccc1Cl. The van der Waals surface area contributed by atoms with Gasteiger partial charge in [0.25, 0.3) is 11.8 Å². The van der Waals surface area contributed by atoms with Crippen LogP contribution in [0.1, 0.15) is 22.3 Å². The topological polar surface area (TPSA) is 84.9 Å². The monoisotopic (exact) mass is 490 g/mol. The van der Waals surface area contributed by atoms with Gasteiger partial charge in [-0.1, -0.05) is 41.9 Å². The number of hydrogen-bond acceptors (Lipinski definition) is 5. The number of carbonyl (C=O) groups excluding carboxylic acids is 3. The lowest BCUT2D eigenvalue weighted by atomic mass is 10.0. The number of carbonyl (C=O) groups is 3. The molecule has 0 unspecified atom stereocenters. The Labute approximate surface area is 207 Å². The molecule has 1 N–H and O–H groups in total. The number of nitrogens with one attached hydrogen (secondary N) is 1. The van der Waals surface area contributed by atoms with E-state index >= 15 is 0 Å². The Bertz CT molecular complexity index is 1350. The summed E-state index contributed by atoms with van der Waals surface area (Å²) in [5.74, 6) is -0.584. The van der Waals surface area contributed by atoms with Crippen LogP contribution in [0, 0.1) is 13.8 Å². The minimum Gasteiger partial charge on any atom is -0.493 e. The van der Waals surface area contributed by atoms with Gasteiger partial charge in [0, 0.05) is 10.6 Å². The second-order valence-corrected chi connectivity index (χ2v) is 8.50. The number of imide groups is 2. The fourth-order valence-corrected chi connectivity index (χ4v) is 3.99. The number of benzene rings is 3. The largest absolute Gasteiger partial charge is 0.493 e. The summed E-state index contributed by atoms with van der Waals surface area (Å²) in [6.07, 6.45) is 1.42. The quantitative estimate of drug-likeness (QED) is 0.378. The highest BCUT2D eigenvalue weighted by Crippen LogP contribution is 2.31. The molecule has 1 saturated heterocycles. The van der Waals surface area contributed by atoms with Crippen LogP contribution >= 0.6 is 11.6 Å². The molecule has 0 aromatic heterocycles. The summed E-state index contributed by atoms with van der Waals surface area (Å²) in [4.78, 5) is 39.2. The second-order valence-electron chi connectivity index (χ2n) is 8.09. The standard InChI is InChI=1S/C27H23ClN2O5/c1-16-10-17(2)12-20(11-16)30-26(32)21(25(31)29-27(30)33)13-18-8-9-23(24(14-18)34-3)35-15-19-6-4-5-7-22(19)28/h4-14H,15H2,1-3H3,(H,29,31,33)/b21-13+. The molecular weight excluding hydrogens is 468 g/mol. The number of rotatable bonds is 6.